The topological polar surface area (TPSA) is 34.0 Å². The maximum Gasteiger partial charge on any atom is 0.160 e. The molecule has 2 aromatic heterocycles. The second-order valence-electron chi connectivity index (χ2n) is 5.82. The van der Waals surface area contributed by atoms with E-state index in [2.05, 4.69) is 42.4 Å². The first-order valence-electron chi connectivity index (χ1n) is 7.42. The molecule has 0 saturated carbocycles. The average molecular weight is 372 g/mol. The van der Waals surface area contributed by atoms with Gasteiger partial charge in [-0.2, -0.15) is 0 Å². The predicted octanol–water partition coefficient (Wildman–Crippen LogP) is 3.98. The zero-order valence-electron chi connectivity index (χ0n) is 12.4. The van der Waals surface area contributed by atoms with Crippen LogP contribution in [-0.2, 0) is 6.54 Å². The maximum atomic E-state index is 6.34. The van der Waals surface area contributed by atoms with E-state index in [0.29, 0.717) is 6.04 Å². The number of likely N-dealkylation sites (N-methyl/N-ethyl adjacent to an activating group) is 1. The first kappa shape index (κ1) is 15.3. The lowest BCUT2D eigenvalue weighted by atomic mass is 10.0. The third kappa shape index (κ3) is 3.10. The van der Waals surface area contributed by atoms with Crippen molar-refractivity contribution in [3.05, 3.63) is 22.6 Å². The lowest BCUT2D eigenvalue weighted by molar-refractivity contribution is 0.167. The average Bonchev–Trinajstić information content (AvgIpc) is 2.79. The van der Waals surface area contributed by atoms with Gasteiger partial charge in [0.05, 0.1) is 5.38 Å². The number of rotatable bonds is 3. The molecule has 0 bridgehead atoms. The van der Waals surface area contributed by atoms with Crippen LogP contribution in [0.15, 0.2) is 16.7 Å². The van der Waals surface area contributed by atoms with E-state index in [0.717, 1.165) is 28.0 Å². The van der Waals surface area contributed by atoms with Gasteiger partial charge in [0.2, 0.25) is 0 Å². The molecule has 1 aliphatic rings. The van der Waals surface area contributed by atoms with Crippen molar-refractivity contribution >= 4 is 38.7 Å². The predicted molar refractivity (Wildman–Crippen MR) is 89.8 cm³/mol. The molecule has 21 heavy (non-hydrogen) atoms. The van der Waals surface area contributed by atoms with Crippen molar-refractivity contribution in [2.24, 2.45) is 0 Å². The van der Waals surface area contributed by atoms with Gasteiger partial charge in [-0.05, 0) is 55.4 Å². The van der Waals surface area contributed by atoms with Gasteiger partial charge >= 0.3 is 0 Å². The van der Waals surface area contributed by atoms with Gasteiger partial charge in [0.1, 0.15) is 11.3 Å². The minimum Gasteiger partial charge on any atom is -0.310 e. The number of nitrogens with zero attached hydrogens (tertiary/aromatic N) is 4. The Balaban J connectivity index is 2.00. The van der Waals surface area contributed by atoms with E-state index in [4.69, 9.17) is 11.6 Å². The van der Waals surface area contributed by atoms with E-state index >= 15 is 0 Å². The van der Waals surface area contributed by atoms with Crippen molar-refractivity contribution in [1.29, 1.82) is 0 Å². The van der Waals surface area contributed by atoms with Crippen molar-refractivity contribution in [2.75, 3.05) is 13.6 Å². The Labute approximate surface area is 138 Å². The fourth-order valence-electron chi connectivity index (χ4n) is 3.07. The molecule has 0 aliphatic carbocycles. The van der Waals surface area contributed by atoms with E-state index in [-0.39, 0.29) is 5.38 Å². The van der Waals surface area contributed by atoms with Crippen LogP contribution < -0.4 is 0 Å². The van der Waals surface area contributed by atoms with Gasteiger partial charge in [-0.15, -0.1) is 11.6 Å². The highest BCUT2D eigenvalue weighted by atomic mass is 79.9. The molecule has 1 saturated heterocycles. The highest BCUT2D eigenvalue weighted by Crippen LogP contribution is 2.27. The van der Waals surface area contributed by atoms with Crippen LogP contribution in [0.3, 0.4) is 0 Å². The zero-order chi connectivity index (χ0) is 15.0. The van der Waals surface area contributed by atoms with Crippen LogP contribution in [0.25, 0.3) is 11.2 Å². The van der Waals surface area contributed by atoms with Gasteiger partial charge < -0.3 is 9.47 Å². The van der Waals surface area contributed by atoms with E-state index in [9.17, 15) is 0 Å². The molecule has 0 N–H and O–H groups in total. The molecule has 4 nitrogen and oxygen atoms in total. The number of hydrogen-bond donors (Lipinski definition) is 0. The fourth-order valence-corrected chi connectivity index (χ4v) is 3.56. The summed E-state index contributed by atoms with van der Waals surface area (Å²) in [7, 11) is 2.21. The van der Waals surface area contributed by atoms with Crippen LogP contribution >= 0.6 is 27.5 Å². The standard InChI is InChI=1S/C15H20BrClN4/c1-10(17)14-19-13-7-11(16)8-18-15(13)21(14)9-12-5-3-4-6-20(12)2/h7-8,10,12H,3-6,9H2,1-2H3. The number of fused-ring (bicyclic) bond motifs is 1. The van der Waals surface area contributed by atoms with Crippen molar-refractivity contribution in [3.8, 4) is 0 Å². The molecule has 0 spiro atoms. The van der Waals surface area contributed by atoms with Crippen LogP contribution in [0.1, 0.15) is 37.4 Å². The highest BCUT2D eigenvalue weighted by Gasteiger charge is 2.23. The Morgan fingerprint density at radius 1 is 1.48 bits per heavy atom. The molecule has 0 amide bonds. The minimum absolute atomic E-state index is 0.119. The molecule has 6 heteroatoms. The Kier molecular flexibility index (Phi) is 4.52. The third-order valence-electron chi connectivity index (χ3n) is 4.25. The van der Waals surface area contributed by atoms with E-state index < -0.39 is 0 Å². The van der Waals surface area contributed by atoms with Crippen molar-refractivity contribution in [2.45, 2.75) is 44.1 Å². The number of pyridine rings is 1. The number of piperidine rings is 1. The number of imidazole rings is 1. The molecule has 2 unspecified atom stereocenters. The van der Waals surface area contributed by atoms with Crippen molar-refractivity contribution in [1.82, 2.24) is 19.4 Å². The molecular weight excluding hydrogens is 352 g/mol. The van der Waals surface area contributed by atoms with Gasteiger partial charge in [0, 0.05) is 23.3 Å². The Morgan fingerprint density at radius 3 is 3.00 bits per heavy atom. The smallest absolute Gasteiger partial charge is 0.160 e. The summed E-state index contributed by atoms with van der Waals surface area (Å²) < 4.78 is 3.15. The number of hydrogen-bond acceptors (Lipinski definition) is 3. The van der Waals surface area contributed by atoms with Crippen LogP contribution in [0, 0.1) is 0 Å². The molecule has 3 heterocycles. The Morgan fingerprint density at radius 2 is 2.29 bits per heavy atom. The number of aromatic nitrogens is 3. The molecule has 2 aromatic rings. The first-order chi connectivity index (χ1) is 10.1. The summed E-state index contributed by atoms with van der Waals surface area (Å²) in [6, 6.07) is 2.54. The van der Waals surface area contributed by atoms with Crippen LogP contribution in [0.2, 0.25) is 0 Å². The molecule has 2 atom stereocenters. The number of halogens is 2. The molecule has 1 fully saturated rings. The second-order valence-corrected chi connectivity index (χ2v) is 7.39. The summed E-state index contributed by atoms with van der Waals surface area (Å²) in [5.74, 6) is 0.913. The SMILES string of the molecule is CC(Cl)c1nc2cc(Br)cnc2n1CC1CCCCN1C. The van der Waals surface area contributed by atoms with Gasteiger partial charge in [0.15, 0.2) is 5.65 Å². The summed E-state index contributed by atoms with van der Waals surface area (Å²) in [5, 5.41) is -0.119. The molecule has 3 rings (SSSR count). The van der Waals surface area contributed by atoms with Gasteiger partial charge in [-0.1, -0.05) is 6.42 Å². The molecule has 0 radical (unpaired) electrons. The summed E-state index contributed by atoms with van der Waals surface area (Å²) in [6.07, 6.45) is 5.64. The van der Waals surface area contributed by atoms with Crippen LogP contribution in [0.5, 0.6) is 0 Å². The molecule has 114 valence electrons. The maximum absolute atomic E-state index is 6.34. The zero-order valence-corrected chi connectivity index (χ0v) is 14.7. The lowest BCUT2D eigenvalue weighted by Gasteiger charge is -2.33. The summed E-state index contributed by atoms with van der Waals surface area (Å²) >= 11 is 9.80. The van der Waals surface area contributed by atoms with Gasteiger partial charge in [-0.25, -0.2) is 9.97 Å². The Hall–Kier alpha value is -0.650. The van der Waals surface area contributed by atoms with Crippen molar-refractivity contribution < 1.29 is 0 Å². The van der Waals surface area contributed by atoms with Crippen LogP contribution in [0.4, 0.5) is 0 Å². The van der Waals surface area contributed by atoms with Gasteiger partial charge in [0.25, 0.3) is 0 Å². The quantitative estimate of drug-likeness (QED) is 0.765. The molecule has 1 aliphatic heterocycles. The Bertz CT molecular complexity index is 640. The second kappa shape index (κ2) is 6.23. The summed E-state index contributed by atoms with van der Waals surface area (Å²) in [5.41, 5.74) is 1.84. The van der Waals surface area contributed by atoms with E-state index in [1.54, 1.807) is 0 Å². The largest absolute Gasteiger partial charge is 0.310 e. The lowest BCUT2D eigenvalue weighted by Crippen LogP contribution is -2.39. The van der Waals surface area contributed by atoms with E-state index in [1.165, 1.54) is 25.8 Å². The normalized spacial score (nSPS) is 21.8. The minimum atomic E-state index is -0.119. The van der Waals surface area contributed by atoms with E-state index in [1.807, 2.05) is 19.2 Å². The van der Waals surface area contributed by atoms with Crippen LogP contribution in [-0.4, -0.2) is 39.1 Å². The summed E-state index contributed by atoms with van der Waals surface area (Å²) in [6.45, 7) is 4.05. The summed E-state index contributed by atoms with van der Waals surface area (Å²) in [4.78, 5) is 11.7. The fraction of sp³-hybridized carbons (Fsp3) is 0.600. The third-order valence-corrected chi connectivity index (χ3v) is 4.88. The van der Waals surface area contributed by atoms with Gasteiger partial charge in [-0.3, -0.25) is 0 Å². The number of alkyl halides is 1. The molecular formula is C15H20BrClN4. The highest BCUT2D eigenvalue weighted by molar-refractivity contribution is 9.10. The first-order valence-corrected chi connectivity index (χ1v) is 8.65. The van der Waals surface area contributed by atoms with Crippen molar-refractivity contribution in [3.63, 3.8) is 0 Å². The monoisotopic (exact) mass is 370 g/mol. The molecule has 0 aromatic carbocycles. The number of likely N-dealkylation sites (tertiary alicyclic amines) is 1.